The van der Waals surface area contributed by atoms with Crippen LogP contribution in [0.1, 0.15) is 30.0 Å². The number of methoxy groups -OCH3 is 2. The molecule has 10 heteroatoms. The zero-order chi connectivity index (χ0) is 25.1. The van der Waals surface area contributed by atoms with E-state index in [0.29, 0.717) is 47.5 Å². The summed E-state index contributed by atoms with van der Waals surface area (Å²) in [5.41, 5.74) is 0.353. The topological polar surface area (TPSA) is 127 Å². The van der Waals surface area contributed by atoms with E-state index in [1.807, 2.05) is 6.07 Å². The van der Waals surface area contributed by atoms with Crippen LogP contribution in [0.2, 0.25) is 0 Å². The monoisotopic (exact) mass is 478 g/mol. The molecule has 35 heavy (non-hydrogen) atoms. The molecule has 2 aromatic carbocycles. The van der Waals surface area contributed by atoms with Crippen LogP contribution in [0.4, 0.5) is 0 Å². The van der Waals surface area contributed by atoms with E-state index in [4.69, 9.17) is 9.47 Å². The van der Waals surface area contributed by atoms with Crippen molar-refractivity contribution in [2.24, 2.45) is 0 Å². The Kier molecular flexibility index (Phi) is 6.89. The van der Waals surface area contributed by atoms with Gasteiger partial charge in [-0.15, -0.1) is 0 Å². The zero-order valence-electron chi connectivity index (χ0n) is 19.6. The number of nitriles is 1. The summed E-state index contributed by atoms with van der Waals surface area (Å²) in [6.07, 6.45) is 1.27. The molecule has 1 amide bonds. The molecule has 1 N–H and O–H groups in total. The Bertz CT molecular complexity index is 1430. The van der Waals surface area contributed by atoms with E-state index >= 15 is 0 Å². The average Bonchev–Trinajstić information content (AvgIpc) is 2.90. The summed E-state index contributed by atoms with van der Waals surface area (Å²) in [6, 6.07) is 11.4. The van der Waals surface area contributed by atoms with Crippen molar-refractivity contribution in [3.63, 3.8) is 0 Å². The molecule has 1 aliphatic rings. The van der Waals surface area contributed by atoms with Gasteiger partial charge in [-0.05, 0) is 48.7 Å². The predicted molar refractivity (Wildman–Crippen MR) is 128 cm³/mol. The van der Waals surface area contributed by atoms with Gasteiger partial charge in [-0.25, -0.2) is 4.79 Å². The number of hydrogen-bond acceptors (Lipinski definition) is 7. The first-order valence-corrected chi connectivity index (χ1v) is 11.2. The molecule has 0 bridgehead atoms. The van der Waals surface area contributed by atoms with Crippen molar-refractivity contribution >= 4 is 16.8 Å². The van der Waals surface area contributed by atoms with Crippen molar-refractivity contribution < 1.29 is 19.4 Å². The number of nitrogens with zero attached hydrogens (tertiary/aromatic N) is 4. The summed E-state index contributed by atoms with van der Waals surface area (Å²) in [4.78, 5) is 40.8. The van der Waals surface area contributed by atoms with Crippen LogP contribution in [0.5, 0.6) is 11.5 Å². The second kappa shape index (κ2) is 10.0. The summed E-state index contributed by atoms with van der Waals surface area (Å²) in [5, 5.41) is 18.9. The third-order valence-electron chi connectivity index (χ3n) is 6.34. The van der Waals surface area contributed by atoms with Crippen LogP contribution in [0.15, 0.2) is 46.0 Å². The molecule has 0 saturated carbocycles. The molecule has 1 fully saturated rings. The van der Waals surface area contributed by atoms with E-state index in [-0.39, 0.29) is 24.5 Å². The van der Waals surface area contributed by atoms with E-state index in [2.05, 4.69) is 0 Å². The third kappa shape index (κ3) is 4.50. The number of hydrogen-bond donors (Lipinski definition) is 1. The van der Waals surface area contributed by atoms with E-state index in [0.717, 1.165) is 4.57 Å². The normalized spacial score (nSPS) is 15.6. The molecule has 4 rings (SSSR count). The summed E-state index contributed by atoms with van der Waals surface area (Å²) in [5.74, 6) is 0.586. The number of aliphatic hydroxyl groups is 1. The van der Waals surface area contributed by atoms with Gasteiger partial charge in [-0.3, -0.25) is 18.7 Å². The van der Waals surface area contributed by atoms with Crippen LogP contribution in [0.25, 0.3) is 10.9 Å². The standard InChI is InChI=1S/C25H26N4O6/c1-34-21-8-6-17(11-22(21)35-2)13-28-24(32)19-10-16(12-26)5-7-20(19)29(25(28)33)18-4-3-9-27(14-18)23(31)15-30/h5-8,10-11,18,30H,3-4,9,13-15H2,1-2H3. The highest BCUT2D eigenvalue weighted by molar-refractivity contribution is 5.80. The van der Waals surface area contributed by atoms with Crippen molar-refractivity contribution in [1.29, 1.82) is 5.26 Å². The molecule has 1 saturated heterocycles. The van der Waals surface area contributed by atoms with Crippen LogP contribution in [-0.4, -0.2) is 59.0 Å². The molecule has 0 aliphatic carbocycles. The van der Waals surface area contributed by atoms with Gasteiger partial charge in [0, 0.05) is 13.1 Å². The second-order valence-corrected chi connectivity index (χ2v) is 8.37. The van der Waals surface area contributed by atoms with Gasteiger partial charge in [0.05, 0.1) is 49.3 Å². The minimum atomic E-state index is -0.604. The van der Waals surface area contributed by atoms with Crippen LogP contribution in [-0.2, 0) is 11.3 Å². The fraction of sp³-hybridized carbons (Fsp3) is 0.360. The van der Waals surface area contributed by atoms with Gasteiger partial charge in [0.1, 0.15) is 6.61 Å². The molecule has 182 valence electrons. The number of amides is 1. The van der Waals surface area contributed by atoms with Gasteiger partial charge < -0.3 is 19.5 Å². The molecule has 1 aromatic heterocycles. The van der Waals surface area contributed by atoms with Gasteiger partial charge in [0.25, 0.3) is 5.56 Å². The number of fused-ring (bicyclic) bond motifs is 1. The lowest BCUT2D eigenvalue weighted by atomic mass is 10.0. The van der Waals surface area contributed by atoms with Gasteiger partial charge in [0.2, 0.25) is 5.91 Å². The Morgan fingerprint density at radius 3 is 2.60 bits per heavy atom. The summed E-state index contributed by atoms with van der Waals surface area (Å²) in [7, 11) is 3.02. The highest BCUT2D eigenvalue weighted by Crippen LogP contribution is 2.28. The maximum Gasteiger partial charge on any atom is 0.332 e. The number of rotatable bonds is 6. The molecule has 10 nitrogen and oxygen atoms in total. The number of piperidine rings is 1. The zero-order valence-corrected chi connectivity index (χ0v) is 19.6. The lowest BCUT2D eigenvalue weighted by Crippen LogP contribution is -2.47. The molecule has 3 aromatic rings. The lowest BCUT2D eigenvalue weighted by Gasteiger charge is -2.34. The quantitative estimate of drug-likeness (QED) is 0.565. The number of carbonyl (C=O) groups excluding carboxylic acids is 1. The second-order valence-electron chi connectivity index (χ2n) is 8.37. The van der Waals surface area contributed by atoms with Crippen molar-refractivity contribution in [3.05, 3.63) is 68.4 Å². The Morgan fingerprint density at radius 2 is 1.91 bits per heavy atom. The van der Waals surface area contributed by atoms with Crippen LogP contribution in [0, 0.1) is 11.3 Å². The maximum atomic E-state index is 13.7. The van der Waals surface area contributed by atoms with E-state index in [9.17, 15) is 24.8 Å². The maximum absolute atomic E-state index is 13.7. The lowest BCUT2D eigenvalue weighted by molar-refractivity contribution is -0.135. The van der Waals surface area contributed by atoms with E-state index in [1.54, 1.807) is 30.3 Å². The number of carbonyl (C=O) groups is 1. The number of likely N-dealkylation sites (tertiary alicyclic amines) is 1. The highest BCUT2D eigenvalue weighted by atomic mass is 16.5. The number of benzene rings is 2. The van der Waals surface area contributed by atoms with E-state index in [1.165, 1.54) is 29.8 Å². The highest BCUT2D eigenvalue weighted by Gasteiger charge is 2.28. The van der Waals surface area contributed by atoms with Gasteiger partial charge in [-0.2, -0.15) is 5.26 Å². The smallest absolute Gasteiger partial charge is 0.332 e. The van der Waals surface area contributed by atoms with Crippen molar-refractivity contribution in [3.8, 4) is 17.6 Å². The largest absolute Gasteiger partial charge is 0.493 e. The minimum absolute atomic E-state index is 0.0171. The van der Waals surface area contributed by atoms with Gasteiger partial charge in [-0.1, -0.05) is 6.07 Å². The first kappa shape index (κ1) is 24.0. The molecule has 0 radical (unpaired) electrons. The average molecular weight is 479 g/mol. The van der Waals surface area contributed by atoms with Crippen molar-refractivity contribution in [2.45, 2.75) is 25.4 Å². The van der Waals surface area contributed by atoms with Gasteiger partial charge in [0.15, 0.2) is 11.5 Å². The fourth-order valence-electron chi connectivity index (χ4n) is 4.60. The van der Waals surface area contributed by atoms with Crippen LogP contribution in [0.3, 0.4) is 0 Å². The molecule has 1 unspecified atom stereocenters. The Balaban J connectivity index is 1.89. The third-order valence-corrected chi connectivity index (χ3v) is 6.34. The van der Waals surface area contributed by atoms with Gasteiger partial charge >= 0.3 is 5.69 Å². The molecule has 1 aliphatic heterocycles. The first-order chi connectivity index (χ1) is 16.9. The first-order valence-electron chi connectivity index (χ1n) is 11.2. The number of aromatic nitrogens is 2. The Morgan fingerprint density at radius 1 is 1.14 bits per heavy atom. The summed E-state index contributed by atoms with van der Waals surface area (Å²) < 4.78 is 13.3. The van der Waals surface area contributed by atoms with Crippen LogP contribution >= 0.6 is 0 Å². The van der Waals surface area contributed by atoms with Crippen molar-refractivity contribution in [1.82, 2.24) is 14.0 Å². The van der Waals surface area contributed by atoms with Crippen LogP contribution < -0.4 is 20.7 Å². The Hall–Kier alpha value is -4.10. The molecule has 1 atom stereocenters. The Labute approximate surface area is 201 Å². The molecule has 0 spiro atoms. The molecular formula is C25H26N4O6. The minimum Gasteiger partial charge on any atom is -0.493 e. The summed E-state index contributed by atoms with van der Waals surface area (Å²) in [6.45, 7) is 0.110. The van der Waals surface area contributed by atoms with E-state index < -0.39 is 23.8 Å². The number of ether oxygens (including phenoxy) is 2. The SMILES string of the molecule is COc1ccc(Cn2c(=O)c3cc(C#N)ccc3n(C3CCCN(C(=O)CO)C3)c2=O)cc1OC. The predicted octanol–water partition coefficient (Wildman–Crippen LogP) is 1.26. The summed E-state index contributed by atoms with van der Waals surface area (Å²) >= 11 is 0. The molecular weight excluding hydrogens is 452 g/mol. The fourth-order valence-corrected chi connectivity index (χ4v) is 4.60. The molecule has 2 heterocycles. The van der Waals surface area contributed by atoms with Crippen molar-refractivity contribution in [2.75, 3.05) is 33.9 Å². The number of aliphatic hydroxyl groups excluding tert-OH is 1.